The van der Waals surface area contributed by atoms with Crippen LogP contribution in [0.4, 0.5) is 10.1 Å². The third-order valence-electron chi connectivity index (χ3n) is 5.19. The summed E-state index contributed by atoms with van der Waals surface area (Å²) in [5, 5.41) is 16.7. The molecule has 0 radical (unpaired) electrons. The second-order valence-electron chi connectivity index (χ2n) is 7.31. The van der Waals surface area contributed by atoms with Gasteiger partial charge in [-0.1, -0.05) is 0 Å². The number of morpholine rings is 1. The van der Waals surface area contributed by atoms with E-state index in [1.165, 1.54) is 18.3 Å². The first-order chi connectivity index (χ1) is 15.5. The molecule has 1 aliphatic rings. The van der Waals surface area contributed by atoms with Gasteiger partial charge in [0, 0.05) is 29.5 Å². The number of nitrogens with one attached hydrogen (secondary N) is 1. The Bertz CT molecular complexity index is 1150. The Morgan fingerprint density at radius 2 is 2.00 bits per heavy atom. The number of rotatable bonds is 6. The topological polar surface area (TPSA) is 83.2 Å². The van der Waals surface area contributed by atoms with Crippen LogP contribution in [0.1, 0.15) is 21.6 Å². The lowest BCUT2D eigenvalue weighted by Gasteiger charge is -2.26. The maximum absolute atomic E-state index is 13.2. The lowest BCUT2D eigenvalue weighted by molar-refractivity contribution is 0.0474. The van der Waals surface area contributed by atoms with Gasteiger partial charge in [0.2, 0.25) is 0 Å². The summed E-state index contributed by atoms with van der Waals surface area (Å²) >= 11 is 1.60. The summed E-state index contributed by atoms with van der Waals surface area (Å²) in [5.41, 5.74) is 2.75. The highest BCUT2D eigenvalue weighted by atomic mass is 32.2. The van der Waals surface area contributed by atoms with Crippen LogP contribution in [0.25, 0.3) is 5.69 Å². The number of aromatic nitrogens is 2. The predicted molar refractivity (Wildman–Crippen MR) is 120 cm³/mol. The average molecular weight is 452 g/mol. The molecule has 4 rings (SSSR count). The van der Waals surface area contributed by atoms with Crippen molar-refractivity contribution in [1.82, 2.24) is 14.7 Å². The van der Waals surface area contributed by atoms with Gasteiger partial charge >= 0.3 is 0 Å². The first-order valence-electron chi connectivity index (χ1n) is 10.1. The first-order valence-corrected chi connectivity index (χ1v) is 11.1. The Labute approximate surface area is 189 Å². The van der Waals surface area contributed by atoms with Crippen molar-refractivity contribution in [3.8, 4) is 11.8 Å². The van der Waals surface area contributed by atoms with Gasteiger partial charge in [0.25, 0.3) is 5.91 Å². The van der Waals surface area contributed by atoms with Crippen molar-refractivity contribution in [3.63, 3.8) is 0 Å². The highest BCUT2D eigenvalue weighted by Gasteiger charge is 2.17. The maximum Gasteiger partial charge on any atom is 0.259 e. The Balaban J connectivity index is 1.45. The number of hydrogen-bond acceptors (Lipinski definition) is 6. The fourth-order valence-electron chi connectivity index (χ4n) is 3.39. The van der Waals surface area contributed by atoms with Gasteiger partial charge in [0.15, 0.2) is 0 Å². The van der Waals surface area contributed by atoms with Gasteiger partial charge in [-0.15, -0.1) is 11.8 Å². The van der Waals surface area contributed by atoms with Gasteiger partial charge in [-0.3, -0.25) is 9.69 Å². The van der Waals surface area contributed by atoms with E-state index in [4.69, 9.17) is 4.74 Å². The van der Waals surface area contributed by atoms with E-state index < -0.39 is 0 Å². The number of nitrogens with zero attached hydrogens (tertiary/aromatic N) is 4. The molecule has 1 fully saturated rings. The molecule has 1 N–H and O–H groups in total. The van der Waals surface area contributed by atoms with Gasteiger partial charge < -0.3 is 10.1 Å². The van der Waals surface area contributed by atoms with Crippen molar-refractivity contribution in [2.45, 2.75) is 11.8 Å². The molecule has 32 heavy (non-hydrogen) atoms. The summed E-state index contributed by atoms with van der Waals surface area (Å²) in [5.74, 6) is 0.121. The van der Waals surface area contributed by atoms with Crippen molar-refractivity contribution >= 4 is 23.4 Å². The second-order valence-corrected chi connectivity index (χ2v) is 8.30. The highest BCUT2D eigenvalue weighted by molar-refractivity contribution is 7.99. The van der Waals surface area contributed by atoms with Crippen molar-refractivity contribution in [2.24, 2.45) is 0 Å². The van der Waals surface area contributed by atoms with Crippen LogP contribution in [0, 0.1) is 24.1 Å². The molecule has 2 heterocycles. The Morgan fingerprint density at radius 3 is 2.72 bits per heavy atom. The van der Waals surface area contributed by atoms with Gasteiger partial charge in [-0.05, 0) is 49.4 Å². The summed E-state index contributed by atoms with van der Waals surface area (Å²) in [6, 6.07) is 13.4. The molecule has 1 amide bonds. The fraction of sp³-hybridized carbons (Fsp3) is 0.261. The molecule has 0 aliphatic carbocycles. The van der Waals surface area contributed by atoms with E-state index in [2.05, 4.69) is 21.4 Å². The van der Waals surface area contributed by atoms with E-state index in [0.717, 1.165) is 37.1 Å². The van der Waals surface area contributed by atoms with Crippen LogP contribution in [0.15, 0.2) is 53.6 Å². The normalized spacial score (nSPS) is 14.2. The van der Waals surface area contributed by atoms with Crippen LogP contribution in [0.3, 0.4) is 0 Å². The summed E-state index contributed by atoms with van der Waals surface area (Å²) in [6.07, 6.45) is 1.48. The molecular weight excluding hydrogens is 429 g/mol. The first kappa shape index (κ1) is 22.0. The fourth-order valence-corrected chi connectivity index (χ4v) is 4.39. The van der Waals surface area contributed by atoms with Gasteiger partial charge in [-0.25, -0.2) is 9.07 Å². The molecule has 164 valence electrons. The Hall–Kier alpha value is -3.19. The molecule has 2 aromatic carbocycles. The largest absolute Gasteiger partial charge is 0.379 e. The van der Waals surface area contributed by atoms with E-state index in [9.17, 15) is 14.4 Å². The van der Waals surface area contributed by atoms with E-state index in [-0.39, 0.29) is 11.7 Å². The molecule has 1 aliphatic heterocycles. The highest BCUT2D eigenvalue weighted by Crippen LogP contribution is 2.27. The van der Waals surface area contributed by atoms with E-state index in [1.54, 1.807) is 47.6 Å². The number of thioether (sulfide) groups is 1. The molecular formula is C23H22FN5O2S. The number of benzene rings is 2. The summed E-state index contributed by atoms with van der Waals surface area (Å²) in [6.45, 7) is 5.00. The molecule has 1 saturated heterocycles. The standard InChI is InChI=1S/C23H22FN5O2S/c1-16-21(14-26-29(16)20-5-2-18(24)3-6-20)23(30)27-19-4-7-22(17(12-19)13-25)32-15-28-8-10-31-11-9-28/h2-7,12,14H,8-11,15H2,1H3,(H,27,30). The van der Waals surface area contributed by atoms with Crippen LogP contribution in [0.2, 0.25) is 0 Å². The Morgan fingerprint density at radius 1 is 1.25 bits per heavy atom. The number of amides is 1. The molecule has 1 aromatic heterocycles. The summed E-state index contributed by atoms with van der Waals surface area (Å²) < 4.78 is 20.1. The molecule has 0 unspecified atom stereocenters. The molecule has 9 heteroatoms. The number of carbonyl (C=O) groups excluding carboxylic acids is 1. The van der Waals surface area contributed by atoms with Crippen LogP contribution in [-0.4, -0.2) is 52.8 Å². The number of halogens is 1. The van der Waals surface area contributed by atoms with Crippen LogP contribution < -0.4 is 5.32 Å². The Kier molecular flexibility index (Phi) is 6.85. The van der Waals surface area contributed by atoms with E-state index in [1.807, 2.05) is 6.07 Å². The predicted octanol–water partition coefficient (Wildman–Crippen LogP) is 3.83. The quantitative estimate of drug-likeness (QED) is 0.574. The number of hydrogen-bond donors (Lipinski definition) is 1. The third kappa shape index (κ3) is 4.99. The summed E-state index contributed by atoms with van der Waals surface area (Å²) in [7, 11) is 0. The molecule has 3 aromatic rings. The molecule has 0 bridgehead atoms. The molecule has 0 atom stereocenters. The van der Waals surface area contributed by atoms with Crippen LogP contribution in [0.5, 0.6) is 0 Å². The summed E-state index contributed by atoms with van der Waals surface area (Å²) in [4.78, 5) is 16.0. The number of ether oxygens (including phenoxy) is 1. The lowest BCUT2D eigenvalue weighted by Crippen LogP contribution is -2.35. The smallest absolute Gasteiger partial charge is 0.259 e. The molecule has 0 spiro atoms. The van der Waals surface area contributed by atoms with Crippen molar-refractivity contribution in [2.75, 3.05) is 37.5 Å². The van der Waals surface area contributed by atoms with E-state index in [0.29, 0.717) is 28.2 Å². The number of anilines is 1. The zero-order chi connectivity index (χ0) is 22.5. The minimum absolute atomic E-state index is 0.325. The molecule has 0 saturated carbocycles. The van der Waals surface area contributed by atoms with Crippen molar-refractivity contribution in [1.29, 1.82) is 5.26 Å². The zero-order valence-corrected chi connectivity index (χ0v) is 18.4. The minimum Gasteiger partial charge on any atom is -0.379 e. The van der Waals surface area contributed by atoms with Crippen molar-refractivity contribution in [3.05, 3.63) is 71.3 Å². The number of nitriles is 1. The van der Waals surface area contributed by atoms with Gasteiger partial charge in [0.05, 0.1) is 41.9 Å². The monoisotopic (exact) mass is 451 g/mol. The third-order valence-corrected chi connectivity index (χ3v) is 6.35. The average Bonchev–Trinajstić information content (AvgIpc) is 3.20. The van der Waals surface area contributed by atoms with Crippen LogP contribution in [-0.2, 0) is 4.74 Å². The van der Waals surface area contributed by atoms with Crippen molar-refractivity contribution < 1.29 is 13.9 Å². The SMILES string of the molecule is Cc1c(C(=O)Nc2ccc(SCN3CCOCC3)c(C#N)c2)cnn1-c1ccc(F)cc1. The maximum atomic E-state index is 13.2. The van der Waals surface area contributed by atoms with Crippen LogP contribution >= 0.6 is 11.8 Å². The number of carbonyl (C=O) groups is 1. The van der Waals surface area contributed by atoms with E-state index >= 15 is 0 Å². The lowest BCUT2D eigenvalue weighted by atomic mass is 10.2. The van der Waals surface area contributed by atoms with Gasteiger partial charge in [0.1, 0.15) is 11.9 Å². The molecule has 7 nitrogen and oxygen atoms in total. The van der Waals surface area contributed by atoms with Gasteiger partial charge in [-0.2, -0.15) is 10.4 Å². The second kappa shape index (κ2) is 9.96. The zero-order valence-electron chi connectivity index (χ0n) is 17.5. The minimum atomic E-state index is -0.337.